The Balaban J connectivity index is 1.63. The number of fused-ring (bicyclic) bond motifs is 1. The van der Waals surface area contributed by atoms with Gasteiger partial charge in [0.1, 0.15) is 0 Å². The summed E-state index contributed by atoms with van der Waals surface area (Å²) < 4.78 is 5.02. The summed E-state index contributed by atoms with van der Waals surface area (Å²) in [5.74, 6) is 0.703. The molecule has 2 aromatic rings. The van der Waals surface area contributed by atoms with Crippen LogP contribution < -0.4 is 5.32 Å². The van der Waals surface area contributed by atoms with Crippen LogP contribution in [0.2, 0.25) is 0 Å². The van der Waals surface area contributed by atoms with Crippen molar-refractivity contribution in [3.8, 4) is 0 Å². The van der Waals surface area contributed by atoms with E-state index in [4.69, 9.17) is 4.52 Å². The standard InChI is InChI=1S/C15H19N3O/c1-3-7-13-12(5-1)6-2-4-8-14(13)16-10-9-15-17-11-18-19-15/h1,3,5,7,11,14,16H,2,4,6,8-10H2. The van der Waals surface area contributed by atoms with Crippen molar-refractivity contribution >= 4 is 0 Å². The Kier molecular flexibility index (Phi) is 3.89. The van der Waals surface area contributed by atoms with Gasteiger partial charge in [0.05, 0.1) is 0 Å². The van der Waals surface area contributed by atoms with Crippen molar-refractivity contribution in [3.05, 3.63) is 47.6 Å². The Morgan fingerprint density at radius 1 is 1.26 bits per heavy atom. The van der Waals surface area contributed by atoms with E-state index < -0.39 is 0 Å². The van der Waals surface area contributed by atoms with Gasteiger partial charge >= 0.3 is 0 Å². The molecule has 0 saturated heterocycles. The van der Waals surface area contributed by atoms with Crippen molar-refractivity contribution in [3.63, 3.8) is 0 Å². The van der Waals surface area contributed by atoms with E-state index in [1.54, 1.807) is 0 Å². The lowest BCUT2D eigenvalue weighted by molar-refractivity contribution is 0.370. The number of nitrogens with one attached hydrogen (secondary N) is 1. The maximum absolute atomic E-state index is 5.02. The summed E-state index contributed by atoms with van der Waals surface area (Å²) in [4.78, 5) is 4.04. The molecule has 0 radical (unpaired) electrons. The van der Waals surface area contributed by atoms with Gasteiger partial charge in [-0.05, 0) is 30.4 Å². The second-order valence-corrected chi connectivity index (χ2v) is 5.04. The zero-order chi connectivity index (χ0) is 12.9. The molecule has 1 heterocycles. The number of aromatic nitrogens is 2. The van der Waals surface area contributed by atoms with Gasteiger partial charge in [-0.15, -0.1) is 0 Å². The SMILES string of the molecule is c1ccc2c(c1)CCCCC2NCCc1ncno1. The molecule has 1 aliphatic carbocycles. The highest BCUT2D eigenvalue weighted by Crippen LogP contribution is 2.28. The van der Waals surface area contributed by atoms with Crippen LogP contribution in [0.1, 0.15) is 42.3 Å². The fraction of sp³-hybridized carbons (Fsp3) is 0.467. The second-order valence-electron chi connectivity index (χ2n) is 5.04. The summed E-state index contributed by atoms with van der Waals surface area (Å²) in [5, 5.41) is 7.25. The summed E-state index contributed by atoms with van der Waals surface area (Å²) in [6.45, 7) is 0.876. The van der Waals surface area contributed by atoms with Crippen LogP contribution in [0.4, 0.5) is 0 Å². The molecule has 0 aliphatic heterocycles. The smallest absolute Gasteiger partial charge is 0.227 e. The van der Waals surface area contributed by atoms with Crippen LogP contribution in [0.3, 0.4) is 0 Å². The van der Waals surface area contributed by atoms with Gasteiger partial charge in [-0.25, -0.2) is 0 Å². The van der Waals surface area contributed by atoms with E-state index in [0.717, 1.165) is 13.0 Å². The van der Waals surface area contributed by atoms with Crippen LogP contribution >= 0.6 is 0 Å². The number of aryl methyl sites for hydroxylation is 1. The van der Waals surface area contributed by atoms with Gasteiger partial charge in [0.2, 0.25) is 5.89 Å². The van der Waals surface area contributed by atoms with Crippen LogP contribution in [-0.2, 0) is 12.8 Å². The van der Waals surface area contributed by atoms with Gasteiger partial charge in [-0.1, -0.05) is 35.8 Å². The minimum atomic E-state index is 0.460. The molecule has 0 fully saturated rings. The first-order chi connectivity index (χ1) is 9.43. The number of nitrogens with zero attached hydrogens (tertiary/aromatic N) is 2. The van der Waals surface area contributed by atoms with E-state index in [0.29, 0.717) is 11.9 Å². The molecule has 1 unspecified atom stereocenters. The van der Waals surface area contributed by atoms with Crippen LogP contribution in [0.25, 0.3) is 0 Å². The Labute approximate surface area is 113 Å². The molecule has 0 saturated carbocycles. The summed E-state index contributed by atoms with van der Waals surface area (Å²) in [6.07, 6.45) is 7.24. The zero-order valence-corrected chi connectivity index (χ0v) is 11.0. The molecule has 1 N–H and O–H groups in total. The van der Waals surface area contributed by atoms with Crippen molar-refractivity contribution in [2.24, 2.45) is 0 Å². The molecule has 0 amide bonds. The highest BCUT2D eigenvalue weighted by molar-refractivity contribution is 5.31. The minimum absolute atomic E-state index is 0.460. The lowest BCUT2D eigenvalue weighted by atomic mass is 9.99. The number of hydrogen-bond donors (Lipinski definition) is 1. The molecule has 0 bridgehead atoms. The Morgan fingerprint density at radius 3 is 3.11 bits per heavy atom. The molecule has 1 atom stereocenters. The Hall–Kier alpha value is -1.68. The largest absolute Gasteiger partial charge is 0.340 e. The van der Waals surface area contributed by atoms with E-state index in [1.165, 1.54) is 43.1 Å². The second kappa shape index (κ2) is 5.97. The third-order valence-electron chi connectivity index (χ3n) is 3.76. The van der Waals surface area contributed by atoms with Gasteiger partial charge < -0.3 is 9.84 Å². The molecule has 1 aromatic carbocycles. The lowest BCUT2D eigenvalue weighted by Gasteiger charge is -2.18. The number of rotatable bonds is 4. The fourth-order valence-electron chi connectivity index (χ4n) is 2.79. The van der Waals surface area contributed by atoms with Gasteiger partial charge in [-0.3, -0.25) is 0 Å². The van der Waals surface area contributed by atoms with Crippen molar-refractivity contribution in [2.45, 2.75) is 38.1 Å². The van der Waals surface area contributed by atoms with Gasteiger partial charge in [0, 0.05) is 19.0 Å². The average Bonchev–Trinajstić information content (AvgIpc) is 2.87. The van der Waals surface area contributed by atoms with Gasteiger partial charge in [0.25, 0.3) is 0 Å². The molecule has 100 valence electrons. The first-order valence-corrected chi connectivity index (χ1v) is 7.00. The quantitative estimate of drug-likeness (QED) is 0.856. The molecular weight excluding hydrogens is 238 g/mol. The van der Waals surface area contributed by atoms with E-state index in [2.05, 4.69) is 39.7 Å². The summed E-state index contributed by atoms with van der Waals surface area (Å²) in [5.41, 5.74) is 2.96. The van der Waals surface area contributed by atoms with Crippen LogP contribution in [-0.4, -0.2) is 16.7 Å². The maximum Gasteiger partial charge on any atom is 0.227 e. The normalized spacial score (nSPS) is 18.8. The minimum Gasteiger partial charge on any atom is -0.340 e. The van der Waals surface area contributed by atoms with E-state index >= 15 is 0 Å². The van der Waals surface area contributed by atoms with Crippen LogP contribution in [0.15, 0.2) is 35.1 Å². The predicted octanol–water partition coefficient (Wildman–Crippen LogP) is 2.67. The molecule has 1 aromatic heterocycles. The highest BCUT2D eigenvalue weighted by Gasteiger charge is 2.17. The van der Waals surface area contributed by atoms with Gasteiger partial charge in [0.15, 0.2) is 6.33 Å². The average molecular weight is 257 g/mol. The first kappa shape index (κ1) is 12.4. The van der Waals surface area contributed by atoms with Crippen molar-refractivity contribution in [2.75, 3.05) is 6.54 Å². The van der Waals surface area contributed by atoms with Crippen LogP contribution in [0.5, 0.6) is 0 Å². The summed E-state index contributed by atoms with van der Waals surface area (Å²) >= 11 is 0. The molecular formula is C15H19N3O. The van der Waals surface area contributed by atoms with Gasteiger partial charge in [-0.2, -0.15) is 4.98 Å². The topological polar surface area (TPSA) is 51.0 Å². The van der Waals surface area contributed by atoms with E-state index in [9.17, 15) is 0 Å². The zero-order valence-electron chi connectivity index (χ0n) is 11.0. The molecule has 1 aliphatic rings. The summed E-state index contributed by atoms with van der Waals surface area (Å²) in [6, 6.07) is 9.25. The molecule has 4 heteroatoms. The van der Waals surface area contributed by atoms with E-state index in [1.807, 2.05) is 0 Å². The molecule has 4 nitrogen and oxygen atoms in total. The number of benzene rings is 1. The van der Waals surface area contributed by atoms with Crippen molar-refractivity contribution in [1.82, 2.24) is 15.5 Å². The van der Waals surface area contributed by atoms with Crippen molar-refractivity contribution in [1.29, 1.82) is 0 Å². The Bertz CT molecular complexity index is 510. The third kappa shape index (κ3) is 3.01. The monoisotopic (exact) mass is 257 g/mol. The predicted molar refractivity (Wildman–Crippen MR) is 72.7 cm³/mol. The summed E-state index contributed by atoms with van der Waals surface area (Å²) in [7, 11) is 0. The lowest BCUT2D eigenvalue weighted by Crippen LogP contribution is -2.24. The van der Waals surface area contributed by atoms with Crippen LogP contribution in [0, 0.1) is 0 Å². The molecule has 0 spiro atoms. The first-order valence-electron chi connectivity index (χ1n) is 7.00. The highest BCUT2D eigenvalue weighted by atomic mass is 16.5. The van der Waals surface area contributed by atoms with E-state index in [-0.39, 0.29) is 0 Å². The molecule has 3 rings (SSSR count). The fourth-order valence-corrected chi connectivity index (χ4v) is 2.79. The third-order valence-corrected chi connectivity index (χ3v) is 3.76. The van der Waals surface area contributed by atoms with Crippen molar-refractivity contribution < 1.29 is 4.52 Å². The Morgan fingerprint density at radius 2 is 2.21 bits per heavy atom. The molecule has 19 heavy (non-hydrogen) atoms. The number of hydrogen-bond acceptors (Lipinski definition) is 4. The maximum atomic E-state index is 5.02.